The summed E-state index contributed by atoms with van der Waals surface area (Å²) in [4.78, 5) is 20.5. The van der Waals surface area contributed by atoms with Gasteiger partial charge in [-0.2, -0.15) is 0 Å². The highest BCUT2D eigenvalue weighted by Crippen LogP contribution is 2.24. The third kappa shape index (κ3) is 4.00. The summed E-state index contributed by atoms with van der Waals surface area (Å²) in [6, 6.07) is 2.18. The lowest BCUT2D eigenvalue weighted by molar-refractivity contribution is -0.385. The van der Waals surface area contributed by atoms with Gasteiger partial charge >= 0.3 is 5.97 Å². The molecule has 7 nitrogen and oxygen atoms in total. The highest BCUT2D eigenvalue weighted by Gasteiger charge is 2.20. The summed E-state index contributed by atoms with van der Waals surface area (Å²) >= 11 is 0. The lowest BCUT2D eigenvalue weighted by atomic mass is 10.0. The highest BCUT2D eigenvalue weighted by atomic mass is 79.9. The molecule has 0 spiro atoms. The smallest absolute Gasteiger partial charge is 0.320 e. The first kappa shape index (κ1) is 15.3. The number of carboxylic acids is 1. The van der Waals surface area contributed by atoms with E-state index in [1.54, 1.807) is 0 Å². The first-order valence-electron chi connectivity index (χ1n) is 4.36. The maximum atomic E-state index is 10.6. The number of benzene rings is 1. The lowest BCUT2D eigenvalue weighted by Gasteiger charge is -2.07. The fraction of sp³-hybridized carbons (Fsp3) is 0.222. The molecule has 1 aromatic carbocycles. The van der Waals surface area contributed by atoms with Crippen molar-refractivity contribution in [3.05, 3.63) is 33.9 Å². The van der Waals surface area contributed by atoms with Crippen LogP contribution >= 0.6 is 17.0 Å². The van der Waals surface area contributed by atoms with Crippen LogP contribution in [0.3, 0.4) is 0 Å². The third-order valence-electron chi connectivity index (χ3n) is 2.02. The standard InChI is InChI=1S/C9H10N2O5.BrH/c10-7(9(13)14)4-5-3-6(12)1-2-8(5)11(15)16;/h1-3,7,12H,4,10H2,(H,13,14);1H. The van der Waals surface area contributed by atoms with Gasteiger partial charge in [0.05, 0.1) is 4.92 Å². The van der Waals surface area contributed by atoms with E-state index in [1.165, 1.54) is 0 Å². The minimum Gasteiger partial charge on any atom is -0.508 e. The Balaban J connectivity index is 0.00000256. The van der Waals surface area contributed by atoms with E-state index < -0.39 is 16.9 Å². The molecule has 1 unspecified atom stereocenters. The first-order chi connectivity index (χ1) is 7.41. The first-order valence-corrected chi connectivity index (χ1v) is 4.36. The molecule has 0 heterocycles. The van der Waals surface area contributed by atoms with E-state index in [4.69, 9.17) is 15.9 Å². The van der Waals surface area contributed by atoms with Crippen LogP contribution in [-0.2, 0) is 11.2 Å². The Morgan fingerprint density at radius 2 is 2.12 bits per heavy atom. The quantitative estimate of drug-likeness (QED) is 0.558. The van der Waals surface area contributed by atoms with Gasteiger partial charge in [0.25, 0.3) is 5.69 Å². The summed E-state index contributed by atoms with van der Waals surface area (Å²) in [6.45, 7) is 0. The molecule has 94 valence electrons. The summed E-state index contributed by atoms with van der Waals surface area (Å²) in [7, 11) is 0. The Morgan fingerprint density at radius 3 is 2.59 bits per heavy atom. The number of nitro benzene ring substituents is 1. The number of hydrogen-bond acceptors (Lipinski definition) is 5. The summed E-state index contributed by atoms with van der Waals surface area (Å²) in [5.41, 5.74) is 5.11. The Kier molecular flexibility index (Phi) is 5.56. The summed E-state index contributed by atoms with van der Waals surface area (Å²) < 4.78 is 0. The van der Waals surface area contributed by atoms with Crippen LogP contribution in [0.25, 0.3) is 0 Å². The zero-order valence-electron chi connectivity index (χ0n) is 8.57. The zero-order valence-corrected chi connectivity index (χ0v) is 10.3. The number of phenols is 1. The minimum atomic E-state index is -1.25. The number of nitrogens with zero attached hydrogens (tertiary/aromatic N) is 1. The summed E-state index contributed by atoms with van der Waals surface area (Å²) in [6.07, 6.45) is -0.208. The summed E-state index contributed by atoms with van der Waals surface area (Å²) in [5, 5.41) is 28.4. The lowest BCUT2D eigenvalue weighted by Crippen LogP contribution is -2.32. The van der Waals surface area contributed by atoms with Crippen LogP contribution in [0, 0.1) is 10.1 Å². The number of halogens is 1. The van der Waals surface area contributed by atoms with E-state index >= 15 is 0 Å². The Labute approximate surface area is 107 Å². The minimum absolute atomic E-state index is 0. The number of hydrogen-bond donors (Lipinski definition) is 3. The van der Waals surface area contributed by atoms with Crippen molar-refractivity contribution >= 4 is 28.6 Å². The number of nitrogens with two attached hydrogens (primary N) is 1. The average molecular weight is 307 g/mol. The SMILES string of the molecule is Br.NC(Cc1cc(O)ccc1[N+](=O)[O-])C(=O)O. The van der Waals surface area contributed by atoms with Crippen molar-refractivity contribution in [1.82, 2.24) is 0 Å². The van der Waals surface area contributed by atoms with Crippen molar-refractivity contribution in [3.8, 4) is 5.75 Å². The zero-order chi connectivity index (χ0) is 12.3. The predicted octanol–water partition coefficient (Wildman–Crippen LogP) is 0.833. The van der Waals surface area contributed by atoms with Gasteiger partial charge in [0.15, 0.2) is 0 Å². The normalized spacial score (nSPS) is 11.4. The molecule has 17 heavy (non-hydrogen) atoms. The van der Waals surface area contributed by atoms with E-state index in [0.717, 1.165) is 18.2 Å². The number of rotatable bonds is 4. The molecule has 1 rings (SSSR count). The molecular formula is C9H11BrN2O5. The van der Waals surface area contributed by atoms with Gasteiger partial charge in [0, 0.05) is 18.1 Å². The molecule has 0 radical (unpaired) electrons. The molecule has 1 aromatic rings. The number of aromatic hydroxyl groups is 1. The van der Waals surface area contributed by atoms with E-state index in [0.29, 0.717) is 0 Å². The maximum absolute atomic E-state index is 10.6. The highest BCUT2D eigenvalue weighted by molar-refractivity contribution is 8.93. The summed E-state index contributed by atoms with van der Waals surface area (Å²) in [5.74, 6) is -1.42. The van der Waals surface area contributed by atoms with Crippen molar-refractivity contribution in [2.45, 2.75) is 12.5 Å². The third-order valence-corrected chi connectivity index (χ3v) is 2.02. The topological polar surface area (TPSA) is 127 Å². The van der Waals surface area contributed by atoms with E-state index in [9.17, 15) is 14.9 Å². The van der Waals surface area contributed by atoms with Gasteiger partial charge in [-0.05, 0) is 12.1 Å². The molecule has 0 saturated heterocycles. The largest absolute Gasteiger partial charge is 0.508 e. The molecule has 8 heteroatoms. The van der Waals surface area contributed by atoms with Crippen LogP contribution in [0.15, 0.2) is 18.2 Å². The van der Waals surface area contributed by atoms with Gasteiger partial charge in [0.1, 0.15) is 11.8 Å². The Morgan fingerprint density at radius 1 is 1.53 bits per heavy atom. The van der Waals surface area contributed by atoms with Crippen molar-refractivity contribution in [2.75, 3.05) is 0 Å². The van der Waals surface area contributed by atoms with Crippen molar-refractivity contribution in [2.24, 2.45) is 5.73 Å². The molecule has 0 saturated carbocycles. The number of carboxylic acid groups (broad SMARTS) is 1. The molecule has 0 bridgehead atoms. The van der Waals surface area contributed by atoms with Gasteiger partial charge < -0.3 is 15.9 Å². The van der Waals surface area contributed by atoms with Crippen LogP contribution in [0.5, 0.6) is 5.75 Å². The Bertz CT molecular complexity index is 437. The molecule has 1 atom stereocenters. The van der Waals surface area contributed by atoms with E-state index in [2.05, 4.69) is 0 Å². The molecule has 0 aromatic heterocycles. The van der Waals surface area contributed by atoms with Crippen LogP contribution in [0.4, 0.5) is 5.69 Å². The van der Waals surface area contributed by atoms with Crippen LogP contribution in [0.2, 0.25) is 0 Å². The van der Waals surface area contributed by atoms with Gasteiger partial charge in [-0.15, -0.1) is 17.0 Å². The van der Waals surface area contributed by atoms with Crippen molar-refractivity contribution in [1.29, 1.82) is 0 Å². The second-order valence-electron chi connectivity index (χ2n) is 3.22. The number of phenolic OH excluding ortho intramolecular Hbond substituents is 1. The Hall–Kier alpha value is -1.67. The number of nitro groups is 1. The van der Waals surface area contributed by atoms with Gasteiger partial charge in [0.2, 0.25) is 0 Å². The molecule has 0 aliphatic heterocycles. The fourth-order valence-electron chi connectivity index (χ4n) is 1.24. The predicted molar refractivity (Wildman–Crippen MR) is 64.4 cm³/mol. The molecular weight excluding hydrogens is 296 g/mol. The van der Waals surface area contributed by atoms with E-state index in [-0.39, 0.29) is 40.4 Å². The van der Waals surface area contributed by atoms with Gasteiger partial charge in [-0.1, -0.05) is 0 Å². The van der Waals surface area contributed by atoms with E-state index in [1.807, 2.05) is 0 Å². The molecule has 4 N–H and O–H groups in total. The molecule has 0 aliphatic rings. The second kappa shape index (κ2) is 6.16. The van der Waals surface area contributed by atoms with Gasteiger partial charge in [-0.25, -0.2) is 0 Å². The fourth-order valence-corrected chi connectivity index (χ4v) is 1.24. The van der Waals surface area contributed by atoms with Crippen LogP contribution < -0.4 is 5.73 Å². The maximum Gasteiger partial charge on any atom is 0.320 e. The molecule has 0 fully saturated rings. The van der Waals surface area contributed by atoms with Crippen molar-refractivity contribution in [3.63, 3.8) is 0 Å². The number of aliphatic carboxylic acids is 1. The second-order valence-corrected chi connectivity index (χ2v) is 3.22. The van der Waals surface area contributed by atoms with Crippen LogP contribution in [-0.4, -0.2) is 27.1 Å². The van der Waals surface area contributed by atoms with Crippen molar-refractivity contribution < 1.29 is 19.9 Å². The van der Waals surface area contributed by atoms with Gasteiger partial charge in [-0.3, -0.25) is 14.9 Å². The average Bonchev–Trinajstić information content (AvgIpc) is 2.16. The van der Waals surface area contributed by atoms with Crippen LogP contribution in [0.1, 0.15) is 5.56 Å². The molecule has 0 amide bonds. The monoisotopic (exact) mass is 306 g/mol. The number of carbonyl (C=O) groups is 1. The molecule has 0 aliphatic carbocycles.